The van der Waals surface area contributed by atoms with Gasteiger partial charge in [-0.05, 0) is 35.1 Å². The van der Waals surface area contributed by atoms with Crippen molar-refractivity contribution in [3.8, 4) is 0 Å². The summed E-state index contributed by atoms with van der Waals surface area (Å²) in [7, 11) is 0. The Morgan fingerprint density at radius 3 is 2.21 bits per heavy atom. The van der Waals surface area contributed by atoms with Gasteiger partial charge in [0.15, 0.2) is 0 Å². The molecule has 2 rings (SSSR count). The zero-order chi connectivity index (χ0) is 17.7. The van der Waals surface area contributed by atoms with Crippen molar-refractivity contribution in [2.75, 3.05) is 0 Å². The van der Waals surface area contributed by atoms with E-state index in [2.05, 4.69) is 43.4 Å². The number of amides is 1. The molecule has 0 bridgehead atoms. The van der Waals surface area contributed by atoms with Crippen LogP contribution in [0.15, 0.2) is 40.8 Å². The number of carbonyl (C=O) groups is 2. The van der Waals surface area contributed by atoms with E-state index < -0.39 is 5.97 Å². The second-order valence-electron chi connectivity index (χ2n) is 6.27. The number of carboxylic acids is 1. The van der Waals surface area contributed by atoms with Gasteiger partial charge in [-0.3, -0.25) is 4.79 Å². The van der Waals surface area contributed by atoms with E-state index >= 15 is 0 Å². The smallest absolute Gasteiger partial charge is 0.371 e. The molecule has 1 aromatic heterocycles. The van der Waals surface area contributed by atoms with Crippen LogP contribution in [0.25, 0.3) is 0 Å². The van der Waals surface area contributed by atoms with Crippen LogP contribution in [0, 0.1) is 0 Å². The zero-order valence-electron chi connectivity index (χ0n) is 14.2. The Hall–Kier alpha value is -2.56. The predicted molar refractivity (Wildman–Crippen MR) is 91.1 cm³/mol. The van der Waals surface area contributed by atoms with Crippen LogP contribution in [0.1, 0.15) is 66.5 Å². The standard InChI is InChI=1S/C19H23NO4/c1-12(2)14-4-6-15(7-5-14)13(3)10-18(21)20-11-16-8-9-17(24-16)19(22)23/h4-9,12-13H,10-11H2,1-3H3,(H,20,21)(H,22,23). The van der Waals surface area contributed by atoms with E-state index in [1.807, 2.05) is 6.92 Å². The Kier molecular flexibility index (Phi) is 5.79. The summed E-state index contributed by atoms with van der Waals surface area (Å²) in [6.07, 6.45) is 0.369. The van der Waals surface area contributed by atoms with Crippen LogP contribution in [0.5, 0.6) is 0 Å². The quantitative estimate of drug-likeness (QED) is 0.807. The lowest BCUT2D eigenvalue weighted by Crippen LogP contribution is -2.23. The molecule has 1 unspecified atom stereocenters. The van der Waals surface area contributed by atoms with E-state index in [9.17, 15) is 9.59 Å². The summed E-state index contributed by atoms with van der Waals surface area (Å²) in [6.45, 7) is 6.50. The molecule has 1 amide bonds. The molecule has 24 heavy (non-hydrogen) atoms. The van der Waals surface area contributed by atoms with Crippen LogP contribution >= 0.6 is 0 Å². The minimum atomic E-state index is -1.12. The third-order valence-corrected chi connectivity index (χ3v) is 4.00. The lowest BCUT2D eigenvalue weighted by atomic mass is 9.94. The number of rotatable bonds is 7. The van der Waals surface area contributed by atoms with Gasteiger partial charge in [0.05, 0.1) is 6.54 Å². The van der Waals surface area contributed by atoms with Crippen molar-refractivity contribution < 1.29 is 19.1 Å². The lowest BCUT2D eigenvalue weighted by molar-refractivity contribution is -0.121. The van der Waals surface area contributed by atoms with Crippen LogP contribution in [-0.4, -0.2) is 17.0 Å². The molecule has 0 aliphatic heterocycles. The third-order valence-electron chi connectivity index (χ3n) is 4.00. The number of nitrogens with one attached hydrogen (secondary N) is 1. The second kappa shape index (κ2) is 7.81. The van der Waals surface area contributed by atoms with E-state index in [1.54, 1.807) is 6.07 Å². The van der Waals surface area contributed by atoms with Gasteiger partial charge in [-0.15, -0.1) is 0 Å². The van der Waals surface area contributed by atoms with Crippen molar-refractivity contribution in [2.45, 2.75) is 45.6 Å². The number of carbonyl (C=O) groups excluding carboxylic acids is 1. The summed E-state index contributed by atoms with van der Waals surface area (Å²) in [5.41, 5.74) is 2.41. The van der Waals surface area contributed by atoms with Crippen LogP contribution in [0.4, 0.5) is 0 Å². The number of benzene rings is 1. The van der Waals surface area contributed by atoms with Gasteiger partial charge >= 0.3 is 5.97 Å². The molecular formula is C19H23NO4. The topological polar surface area (TPSA) is 79.5 Å². The molecule has 0 aliphatic rings. The average Bonchev–Trinajstić information content (AvgIpc) is 3.02. The van der Waals surface area contributed by atoms with Gasteiger partial charge in [-0.25, -0.2) is 4.79 Å². The molecule has 0 saturated carbocycles. The van der Waals surface area contributed by atoms with Gasteiger partial charge in [0.2, 0.25) is 11.7 Å². The predicted octanol–water partition coefficient (Wildman–Crippen LogP) is 3.91. The SMILES string of the molecule is CC(C)c1ccc(C(C)CC(=O)NCc2ccc(C(=O)O)o2)cc1. The third kappa shape index (κ3) is 4.72. The minimum absolute atomic E-state index is 0.0938. The molecule has 0 fully saturated rings. The Morgan fingerprint density at radius 2 is 1.67 bits per heavy atom. The largest absolute Gasteiger partial charge is 0.475 e. The summed E-state index contributed by atoms with van der Waals surface area (Å²) in [4.78, 5) is 22.8. The number of hydrogen-bond acceptors (Lipinski definition) is 3. The van der Waals surface area contributed by atoms with E-state index in [0.717, 1.165) is 5.56 Å². The van der Waals surface area contributed by atoms with Crippen LogP contribution in [-0.2, 0) is 11.3 Å². The molecule has 0 radical (unpaired) electrons. The van der Waals surface area contributed by atoms with Gasteiger partial charge < -0.3 is 14.8 Å². The van der Waals surface area contributed by atoms with Crippen molar-refractivity contribution in [3.05, 3.63) is 59.0 Å². The Balaban J connectivity index is 1.85. The normalized spacial score (nSPS) is 12.2. The maximum Gasteiger partial charge on any atom is 0.371 e. The highest BCUT2D eigenvalue weighted by molar-refractivity contribution is 5.84. The zero-order valence-corrected chi connectivity index (χ0v) is 14.2. The van der Waals surface area contributed by atoms with Crippen molar-refractivity contribution in [3.63, 3.8) is 0 Å². The summed E-state index contributed by atoms with van der Waals surface area (Å²) >= 11 is 0. The minimum Gasteiger partial charge on any atom is -0.475 e. The first kappa shape index (κ1) is 17.8. The molecule has 0 spiro atoms. The summed E-state index contributed by atoms with van der Waals surface area (Å²) in [6, 6.07) is 11.3. The fourth-order valence-corrected chi connectivity index (χ4v) is 2.45. The molecule has 5 nitrogen and oxygen atoms in total. The van der Waals surface area contributed by atoms with Gasteiger partial charge in [-0.1, -0.05) is 45.0 Å². The van der Waals surface area contributed by atoms with Crippen LogP contribution in [0.2, 0.25) is 0 Å². The number of aromatic carboxylic acids is 1. The van der Waals surface area contributed by atoms with Crippen molar-refractivity contribution >= 4 is 11.9 Å². The molecular weight excluding hydrogens is 306 g/mol. The highest BCUT2D eigenvalue weighted by Gasteiger charge is 2.13. The number of carboxylic acid groups (broad SMARTS) is 1. The maximum absolute atomic E-state index is 12.0. The van der Waals surface area contributed by atoms with E-state index in [0.29, 0.717) is 18.1 Å². The van der Waals surface area contributed by atoms with E-state index in [4.69, 9.17) is 9.52 Å². The van der Waals surface area contributed by atoms with Crippen molar-refractivity contribution in [1.29, 1.82) is 0 Å². The Morgan fingerprint density at radius 1 is 1.04 bits per heavy atom. The summed E-state index contributed by atoms with van der Waals surface area (Å²) in [5.74, 6) is -0.318. The van der Waals surface area contributed by atoms with Crippen LogP contribution < -0.4 is 5.32 Å². The first-order chi connectivity index (χ1) is 11.4. The Labute approximate surface area is 141 Å². The molecule has 1 aromatic carbocycles. The average molecular weight is 329 g/mol. The number of hydrogen-bond donors (Lipinski definition) is 2. The fourth-order valence-electron chi connectivity index (χ4n) is 2.45. The summed E-state index contributed by atoms with van der Waals surface area (Å²) in [5, 5.41) is 11.5. The highest BCUT2D eigenvalue weighted by Crippen LogP contribution is 2.22. The molecule has 2 N–H and O–H groups in total. The first-order valence-corrected chi connectivity index (χ1v) is 8.05. The molecule has 5 heteroatoms. The molecule has 1 atom stereocenters. The maximum atomic E-state index is 12.0. The van der Waals surface area contributed by atoms with Crippen LogP contribution in [0.3, 0.4) is 0 Å². The summed E-state index contributed by atoms with van der Waals surface area (Å²) < 4.78 is 5.11. The fraction of sp³-hybridized carbons (Fsp3) is 0.368. The molecule has 0 aliphatic carbocycles. The monoisotopic (exact) mass is 329 g/mol. The van der Waals surface area contributed by atoms with E-state index in [-0.39, 0.29) is 24.1 Å². The number of furan rings is 1. The van der Waals surface area contributed by atoms with E-state index in [1.165, 1.54) is 11.6 Å². The molecule has 2 aromatic rings. The Bertz CT molecular complexity index is 700. The van der Waals surface area contributed by atoms with Gasteiger partial charge in [-0.2, -0.15) is 0 Å². The van der Waals surface area contributed by atoms with Gasteiger partial charge in [0.25, 0.3) is 0 Å². The first-order valence-electron chi connectivity index (χ1n) is 8.05. The van der Waals surface area contributed by atoms with Crippen molar-refractivity contribution in [2.24, 2.45) is 0 Å². The molecule has 128 valence electrons. The molecule has 0 saturated heterocycles. The van der Waals surface area contributed by atoms with Gasteiger partial charge in [0, 0.05) is 6.42 Å². The molecule has 1 heterocycles. The lowest BCUT2D eigenvalue weighted by Gasteiger charge is -2.13. The van der Waals surface area contributed by atoms with Gasteiger partial charge in [0.1, 0.15) is 5.76 Å². The second-order valence-corrected chi connectivity index (χ2v) is 6.27. The highest BCUT2D eigenvalue weighted by atomic mass is 16.4. The van der Waals surface area contributed by atoms with Crippen molar-refractivity contribution in [1.82, 2.24) is 5.32 Å².